The summed E-state index contributed by atoms with van der Waals surface area (Å²) >= 11 is 0. The summed E-state index contributed by atoms with van der Waals surface area (Å²) in [7, 11) is 0. The first-order chi connectivity index (χ1) is 20.9. The van der Waals surface area contributed by atoms with Crippen LogP contribution in [0.2, 0.25) is 0 Å². The number of rotatable bonds is 7. The third-order valence-electron chi connectivity index (χ3n) is 14.3. The highest BCUT2D eigenvalue weighted by atomic mass is 16.7. The summed E-state index contributed by atoms with van der Waals surface area (Å²) < 4.78 is 12.6. The molecule has 1 aliphatic heterocycles. The predicted molar refractivity (Wildman–Crippen MR) is 171 cm³/mol. The zero-order chi connectivity index (χ0) is 33.3. The Labute approximate surface area is 269 Å². The molecule has 8 unspecified atom stereocenters. The molecule has 0 radical (unpaired) electrons. The summed E-state index contributed by atoms with van der Waals surface area (Å²) in [5, 5.41) is 55.3. The van der Waals surface area contributed by atoms with Gasteiger partial charge in [0.25, 0.3) is 0 Å². The van der Waals surface area contributed by atoms with Crippen LogP contribution < -0.4 is 0 Å². The molecule has 5 aliphatic rings. The van der Waals surface area contributed by atoms with Crippen LogP contribution in [0.5, 0.6) is 0 Å². The molecule has 0 bridgehead atoms. The Morgan fingerprint density at radius 1 is 1.00 bits per heavy atom. The number of fused-ring (bicyclic) bond motifs is 5. The first-order valence-corrected chi connectivity index (χ1v) is 17.3. The van der Waals surface area contributed by atoms with E-state index < -0.39 is 42.9 Å². The third kappa shape index (κ3) is 5.27. The summed E-state index contributed by atoms with van der Waals surface area (Å²) in [5.74, 6) is 0.476. The summed E-state index contributed by atoms with van der Waals surface area (Å²) in [5.41, 5.74) is 0.577. The summed E-state index contributed by atoms with van der Waals surface area (Å²) in [6, 6.07) is 0. The van der Waals surface area contributed by atoms with Crippen molar-refractivity contribution >= 4 is 11.5 Å². The number of aliphatic hydroxyl groups excluding tert-OH is 4. The molecule has 0 spiro atoms. The number of carbonyl (C=O) groups is 1. The molecule has 4 saturated carbocycles. The van der Waals surface area contributed by atoms with Gasteiger partial charge in [-0.3, -0.25) is 4.79 Å². The summed E-state index contributed by atoms with van der Waals surface area (Å²) in [4.78, 5) is 14.6. The van der Waals surface area contributed by atoms with E-state index in [4.69, 9.17) is 9.47 Å². The minimum Gasteiger partial charge on any atom is -0.411 e. The van der Waals surface area contributed by atoms with Gasteiger partial charge in [0.1, 0.15) is 30.2 Å². The molecule has 9 heteroatoms. The van der Waals surface area contributed by atoms with E-state index in [1.54, 1.807) is 0 Å². The second-order valence-corrected chi connectivity index (χ2v) is 17.0. The number of ketones is 1. The Morgan fingerprint density at radius 2 is 1.67 bits per heavy atom. The topological polar surface area (TPSA) is 149 Å². The van der Waals surface area contributed by atoms with Crippen LogP contribution in [-0.4, -0.2) is 80.0 Å². The zero-order valence-corrected chi connectivity index (χ0v) is 28.8. The van der Waals surface area contributed by atoms with Gasteiger partial charge >= 0.3 is 0 Å². The van der Waals surface area contributed by atoms with Crippen molar-refractivity contribution in [3.63, 3.8) is 0 Å². The van der Waals surface area contributed by atoms with Gasteiger partial charge in [-0.25, -0.2) is 0 Å². The number of allylic oxidation sites excluding steroid dienone is 2. The van der Waals surface area contributed by atoms with E-state index in [0.717, 1.165) is 44.2 Å². The molecular weight excluding hydrogens is 574 g/mol. The lowest BCUT2D eigenvalue weighted by molar-refractivity contribution is -0.333. The van der Waals surface area contributed by atoms with Crippen LogP contribution in [0, 0.1) is 45.3 Å². The predicted octanol–water partition coefficient (Wildman–Crippen LogP) is 5.00. The fourth-order valence-electron chi connectivity index (χ4n) is 11.5. The van der Waals surface area contributed by atoms with Crippen LogP contribution >= 0.6 is 0 Å². The van der Waals surface area contributed by atoms with Crippen molar-refractivity contribution in [3.05, 3.63) is 11.6 Å². The smallest absolute Gasteiger partial charge is 0.187 e. The third-order valence-corrected chi connectivity index (χ3v) is 14.3. The van der Waals surface area contributed by atoms with Gasteiger partial charge in [-0.2, -0.15) is 0 Å². The van der Waals surface area contributed by atoms with E-state index in [9.17, 15) is 30.4 Å². The van der Waals surface area contributed by atoms with Gasteiger partial charge in [0.2, 0.25) is 0 Å². The second kappa shape index (κ2) is 12.0. The summed E-state index contributed by atoms with van der Waals surface area (Å²) in [6.45, 7) is 17.2. The van der Waals surface area contributed by atoms with Crippen LogP contribution in [0.25, 0.3) is 0 Å². The van der Waals surface area contributed by atoms with Crippen molar-refractivity contribution in [2.75, 3.05) is 6.61 Å². The van der Waals surface area contributed by atoms with Crippen LogP contribution in [0.15, 0.2) is 16.8 Å². The molecule has 1 saturated heterocycles. The van der Waals surface area contributed by atoms with Crippen molar-refractivity contribution in [2.24, 2.45) is 50.5 Å². The minimum atomic E-state index is -1.53. The lowest BCUT2D eigenvalue weighted by Gasteiger charge is -2.68. The van der Waals surface area contributed by atoms with Crippen LogP contribution in [-0.2, 0) is 14.3 Å². The van der Waals surface area contributed by atoms with Gasteiger partial charge in [0, 0.05) is 17.8 Å². The fourth-order valence-corrected chi connectivity index (χ4v) is 11.5. The van der Waals surface area contributed by atoms with Gasteiger partial charge in [-0.05, 0) is 106 Å². The Balaban J connectivity index is 1.49. The maximum absolute atomic E-state index is 14.6. The molecular formula is C36H59NO8. The van der Waals surface area contributed by atoms with E-state index in [-0.39, 0.29) is 45.2 Å². The fraction of sp³-hybridized carbons (Fsp3) is 0.889. The normalized spacial score (nSPS) is 48.2. The number of hydrogen-bond donors (Lipinski definition) is 5. The molecule has 5 rings (SSSR count). The molecule has 256 valence electrons. The van der Waals surface area contributed by atoms with E-state index in [2.05, 4.69) is 45.9 Å². The Kier molecular flexibility index (Phi) is 9.29. The van der Waals surface area contributed by atoms with E-state index in [1.807, 2.05) is 20.8 Å². The van der Waals surface area contributed by atoms with Crippen molar-refractivity contribution in [3.8, 4) is 0 Å². The van der Waals surface area contributed by atoms with Crippen molar-refractivity contribution in [1.82, 2.24) is 0 Å². The first-order valence-electron chi connectivity index (χ1n) is 17.3. The number of ether oxygens (including phenoxy) is 2. The maximum Gasteiger partial charge on any atom is 0.187 e. The molecule has 0 aromatic carbocycles. The molecule has 0 aromatic heterocycles. The van der Waals surface area contributed by atoms with Crippen LogP contribution in [0.4, 0.5) is 0 Å². The molecule has 9 nitrogen and oxygen atoms in total. The number of aliphatic hydroxyl groups is 4. The number of Topliss-reactive ketones (excluding diaryl/α,β-unsaturated/α-hetero) is 1. The molecule has 45 heavy (non-hydrogen) atoms. The molecule has 13 atom stereocenters. The Hall–Kier alpha value is -1.36. The highest BCUT2D eigenvalue weighted by molar-refractivity contribution is 5.90. The second-order valence-electron chi connectivity index (χ2n) is 17.0. The number of hydrogen-bond acceptors (Lipinski definition) is 9. The molecule has 4 aliphatic carbocycles. The van der Waals surface area contributed by atoms with Crippen molar-refractivity contribution < 1.29 is 39.9 Å². The number of carbonyl (C=O) groups excluding carboxylic acids is 1. The number of nitrogens with zero attached hydrogens (tertiary/aromatic N) is 1. The summed E-state index contributed by atoms with van der Waals surface area (Å²) in [6.07, 6.45) is 2.55. The van der Waals surface area contributed by atoms with Gasteiger partial charge in [-0.1, -0.05) is 51.4 Å². The SMILES string of the molecule is CC(C)=CCCC(C)(O[C@@H]1OC(CO)[C@@H](O)C(O)C1O)C1CC[C@]2(C)C1C(=O)CC1[C@@]3(C)CC/C(=N\O)C(C)(C)C3CC[C@]12C. The van der Waals surface area contributed by atoms with E-state index >= 15 is 0 Å². The number of oxime groups is 1. The minimum absolute atomic E-state index is 0.0496. The highest BCUT2D eigenvalue weighted by Crippen LogP contribution is 2.75. The van der Waals surface area contributed by atoms with Crippen LogP contribution in [0.1, 0.15) is 113 Å². The lowest BCUT2D eigenvalue weighted by atomic mass is 9.35. The van der Waals surface area contributed by atoms with Crippen LogP contribution in [0.3, 0.4) is 0 Å². The Morgan fingerprint density at radius 3 is 2.29 bits per heavy atom. The highest BCUT2D eigenvalue weighted by Gasteiger charge is 2.71. The van der Waals surface area contributed by atoms with Crippen molar-refractivity contribution in [1.29, 1.82) is 0 Å². The van der Waals surface area contributed by atoms with Gasteiger partial charge in [0.05, 0.1) is 17.9 Å². The lowest BCUT2D eigenvalue weighted by Crippen LogP contribution is -2.66. The molecule has 1 heterocycles. The van der Waals surface area contributed by atoms with Crippen molar-refractivity contribution in [2.45, 2.75) is 149 Å². The monoisotopic (exact) mass is 633 g/mol. The average Bonchev–Trinajstić information content (AvgIpc) is 3.35. The zero-order valence-electron chi connectivity index (χ0n) is 28.8. The van der Waals surface area contributed by atoms with Gasteiger partial charge in [-0.15, -0.1) is 0 Å². The molecule has 5 fully saturated rings. The molecule has 0 amide bonds. The Bertz CT molecular complexity index is 1200. The van der Waals surface area contributed by atoms with E-state index in [1.165, 1.54) is 5.57 Å². The largest absolute Gasteiger partial charge is 0.411 e. The van der Waals surface area contributed by atoms with E-state index in [0.29, 0.717) is 25.2 Å². The molecule has 0 aromatic rings. The first kappa shape index (κ1) is 35.0. The quantitative estimate of drug-likeness (QED) is 0.149. The van der Waals surface area contributed by atoms with Gasteiger partial charge in [0.15, 0.2) is 6.29 Å². The van der Waals surface area contributed by atoms with Gasteiger partial charge < -0.3 is 35.1 Å². The maximum atomic E-state index is 14.6. The standard InChI is InChI=1S/C36H59NO8/c1-20(2)10-9-14-36(8,45-31-30(42)29(41)28(40)23(19-38)44-31)21-11-16-35(7)27(21)22(39)18-25-33(5)15-13-26(37-43)32(3,4)24(33)12-17-34(25,35)6/h10,21,23-25,27-31,38,40-43H,9,11-19H2,1-8H3/b37-26+/t21?,23?,24?,25?,27?,28-,29?,30?,31+,33+,34-,35-,36?/m1/s1. The molecule has 5 N–H and O–H groups in total. The average molecular weight is 634 g/mol.